The normalized spacial score (nSPS) is 10.0. The zero-order valence-electron chi connectivity index (χ0n) is 11.5. The van der Waals surface area contributed by atoms with Gasteiger partial charge in [0.2, 0.25) is 0 Å². The highest BCUT2D eigenvalue weighted by atomic mass is 79.9. The van der Waals surface area contributed by atoms with E-state index in [0.717, 1.165) is 4.47 Å². The van der Waals surface area contributed by atoms with E-state index in [-0.39, 0.29) is 11.3 Å². The molecular weight excluding hydrogens is 338 g/mol. The van der Waals surface area contributed by atoms with Crippen LogP contribution >= 0.6 is 15.9 Å². The van der Waals surface area contributed by atoms with E-state index < -0.39 is 5.91 Å². The SMILES string of the molecule is COc1ccc(O)c(C(=O)Nc2ccc(OC)c(Br)c2)c1. The largest absolute Gasteiger partial charge is 0.507 e. The Morgan fingerprint density at radius 2 is 1.90 bits per heavy atom. The number of anilines is 1. The molecule has 0 unspecified atom stereocenters. The Kier molecular flexibility index (Phi) is 4.70. The number of halogens is 1. The standard InChI is InChI=1S/C15H14BrNO4/c1-20-10-4-5-13(18)11(8-10)15(19)17-9-3-6-14(21-2)12(16)7-9/h3-8,18H,1-2H3,(H,17,19). The van der Waals surface area contributed by atoms with Crippen molar-refractivity contribution in [2.75, 3.05) is 19.5 Å². The zero-order chi connectivity index (χ0) is 15.4. The summed E-state index contributed by atoms with van der Waals surface area (Å²) in [4.78, 5) is 12.2. The van der Waals surface area contributed by atoms with Crippen LogP contribution in [-0.4, -0.2) is 25.2 Å². The molecule has 0 atom stereocenters. The molecule has 0 bridgehead atoms. The van der Waals surface area contributed by atoms with Gasteiger partial charge in [-0.15, -0.1) is 0 Å². The van der Waals surface area contributed by atoms with E-state index in [9.17, 15) is 9.90 Å². The van der Waals surface area contributed by atoms with Crippen molar-refractivity contribution in [2.45, 2.75) is 0 Å². The second-order valence-electron chi connectivity index (χ2n) is 4.19. The summed E-state index contributed by atoms with van der Waals surface area (Å²) in [6, 6.07) is 9.62. The number of phenols is 1. The first-order valence-corrected chi connectivity index (χ1v) is 6.86. The Labute approximate surface area is 130 Å². The molecule has 5 nitrogen and oxygen atoms in total. The van der Waals surface area contributed by atoms with Crippen molar-refractivity contribution in [3.8, 4) is 17.2 Å². The number of nitrogens with one attached hydrogen (secondary N) is 1. The summed E-state index contributed by atoms with van der Waals surface area (Å²) in [5.41, 5.74) is 0.719. The van der Waals surface area contributed by atoms with Crippen molar-refractivity contribution in [3.63, 3.8) is 0 Å². The predicted octanol–water partition coefficient (Wildman–Crippen LogP) is 3.42. The van der Waals surface area contributed by atoms with Crippen LogP contribution in [-0.2, 0) is 0 Å². The van der Waals surface area contributed by atoms with Gasteiger partial charge in [0.05, 0.1) is 24.3 Å². The van der Waals surface area contributed by atoms with Gasteiger partial charge in [-0.1, -0.05) is 0 Å². The molecule has 0 aliphatic carbocycles. The minimum Gasteiger partial charge on any atom is -0.507 e. The molecule has 1 amide bonds. The molecule has 0 heterocycles. The average Bonchev–Trinajstić information content (AvgIpc) is 2.48. The second kappa shape index (κ2) is 6.49. The van der Waals surface area contributed by atoms with Crippen LogP contribution in [0, 0.1) is 0 Å². The second-order valence-corrected chi connectivity index (χ2v) is 5.04. The van der Waals surface area contributed by atoms with Gasteiger partial charge in [0.1, 0.15) is 17.2 Å². The summed E-state index contributed by atoms with van der Waals surface area (Å²) in [6.45, 7) is 0. The van der Waals surface area contributed by atoms with Gasteiger partial charge in [0.15, 0.2) is 0 Å². The van der Waals surface area contributed by atoms with E-state index in [1.807, 2.05) is 0 Å². The number of methoxy groups -OCH3 is 2. The minimum atomic E-state index is -0.427. The molecule has 2 aromatic carbocycles. The first kappa shape index (κ1) is 15.2. The summed E-state index contributed by atoms with van der Waals surface area (Å²) < 4.78 is 10.9. The number of aromatic hydroxyl groups is 1. The summed E-state index contributed by atoms with van der Waals surface area (Å²) in [5.74, 6) is 0.621. The van der Waals surface area contributed by atoms with Gasteiger partial charge in [-0.05, 0) is 52.3 Å². The molecule has 0 saturated heterocycles. The lowest BCUT2D eigenvalue weighted by atomic mass is 10.1. The highest BCUT2D eigenvalue weighted by molar-refractivity contribution is 9.10. The maximum atomic E-state index is 12.2. The van der Waals surface area contributed by atoms with E-state index >= 15 is 0 Å². The number of carbonyl (C=O) groups is 1. The van der Waals surface area contributed by atoms with Crippen molar-refractivity contribution < 1.29 is 19.4 Å². The number of hydrogen-bond donors (Lipinski definition) is 2. The third kappa shape index (κ3) is 3.46. The molecule has 21 heavy (non-hydrogen) atoms. The summed E-state index contributed by atoms with van der Waals surface area (Å²) in [6.07, 6.45) is 0. The Bertz CT molecular complexity index is 673. The van der Waals surface area contributed by atoms with Crippen molar-refractivity contribution in [1.82, 2.24) is 0 Å². The molecular formula is C15H14BrNO4. The van der Waals surface area contributed by atoms with E-state index in [4.69, 9.17) is 9.47 Å². The van der Waals surface area contributed by atoms with Crippen molar-refractivity contribution in [3.05, 3.63) is 46.4 Å². The van der Waals surface area contributed by atoms with Crippen LogP contribution in [0.25, 0.3) is 0 Å². The van der Waals surface area contributed by atoms with Crippen LogP contribution in [0.15, 0.2) is 40.9 Å². The van der Waals surface area contributed by atoms with Crippen LogP contribution in [0.2, 0.25) is 0 Å². The third-order valence-corrected chi connectivity index (χ3v) is 3.48. The smallest absolute Gasteiger partial charge is 0.259 e. The van der Waals surface area contributed by atoms with E-state index in [1.54, 1.807) is 31.4 Å². The Balaban J connectivity index is 2.23. The van der Waals surface area contributed by atoms with Crippen LogP contribution in [0.5, 0.6) is 17.2 Å². The highest BCUT2D eigenvalue weighted by Gasteiger charge is 2.13. The fraction of sp³-hybridized carbons (Fsp3) is 0.133. The number of ether oxygens (including phenoxy) is 2. The molecule has 110 valence electrons. The van der Waals surface area contributed by atoms with Crippen molar-refractivity contribution in [1.29, 1.82) is 0 Å². The summed E-state index contributed by atoms with van der Waals surface area (Å²) >= 11 is 3.35. The average molecular weight is 352 g/mol. The summed E-state index contributed by atoms with van der Waals surface area (Å²) in [5, 5.41) is 12.5. The quantitative estimate of drug-likeness (QED) is 0.885. The maximum Gasteiger partial charge on any atom is 0.259 e. The lowest BCUT2D eigenvalue weighted by Gasteiger charge is -2.10. The predicted molar refractivity (Wildman–Crippen MR) is 83.3 cm³/mol. The third-order valence-electron chi connectivity index (χ3n) is 2.86. The first-order valence-electron chi connectivity index (χ1n) is 6.07. The number of phenolic OH excluding ortho intramolecular Hbond substituents is 1. The van der Waals surface area contributed by atoms with E-state index in [1.165, 1.54) is 19.2 Å². The number of amides is 1. The molecule has 0 aromatic heterocycles. The molecule has 6 heteroatoms. The number of carbonyl (C=O) groups excluding carboxylic acids is 1. The van der Waals surface area contributed by atoms with Gasteiger partial charge in [0, 0.05) is 5.69 Å². The van der Waals surface area contributed by atoms with Gasteiger partial charge < -0.3 is 19.9 Å². The molecule has 0 aliphatic rings. The molecule has 2 N–H and O–H groups in total. The van der Waals surface area contributed by atoms with Gasteiger partial charge in [-0.3, -0.25) is 4.79 Å². The van der Waals surface area contributed by atoms with Crippen molar-refractivity contribution >= 4 is 27.5 Å². The Hall–Kier alpha value is -2.21. The van der Waals surface area contributed by atoms with Gasteiger partial charge in [0.25, 0.3) is 5.91 Å². The lowest BCUT2D eigenvalue weighted by molar-refractivity contribution is 0.102. The lowest BCUT2D eigenvalue weighted by Crippen LogP contribution is -2.12. The molecule has 0 radical (unpaired) electrons. The Morgan fingerprint density at radius 3 is 2.52 bits per heavy atom. The fourth-order valence-corrected chi connectivity index (χ4v) is 2.31. The molecule has 2 aromatic rings. The molecule has 0 fully saturated rings. The van der Waals surface area contributed by atoms with Crippen molar-refractivity contribution in [2.24, 2.45) is 0 Å². The maximum absolute atomic E-state index is 12.2. The highest BCUT2D eigenvalue weighted by Crippen LogP contribution is 2.29. The summed E-state index contributed by atoms with van der Waals surface area (Å²) in [7, 11) is 3.06. The van der Waals surface area contributed by atoms with Crippen LogP contribution in [0.1, 0.15) is 10.4 Å². The molecule has 0 spiro atoms. The molecule has 2 rings (SSSR count). The van der Waals surface area contributed by atoms with Gasteiger partial charge >= 0.3 is 0 Å². The van der Waals surface area contributed by atoms with Crippen LogP contribution in [0.4, 0.5) is 5.69 Å². The molecule has 0 saturated carbocycles. The van der Waals surface area contributed by atoms with Gasteiger partial charge in [-0.2, -0.15) is 0 Å². The number of hydrogen-bond acceptors (Lipinski definition) is 4. The monoisotopic (exact) mass is 351 g/mol. The zero-order valence-corrected chi connectivity index (χ0v) is 13.1. The van der Waals surface area contributed by atoms with Crippen LogP contribution < -0.4 is 14.8 Å². The Morgan fingerprint density at radius 1 is 1.14 bits per heavy atom. The number of benzene rings is 2. The number of rotatable bonds is 4. The topological polar surface area (TPSA) is 67.8 Å². The van der Waals surface area contributed by atoms with Crippen LogP contribution in [0.3, 0.4) is 0 Å². The molecule has 0 aliphatic heterocycles. The fourth-order valence-electron chi connectivity index (χ4n) is 1.77. The first-order chi connectivity index (χ1) is 10.0. The minimum absolute atomic E-state index is 0.110. The van der Waals surface area contributed by atoms with E-state index in [2.05, 4.69) is 21.2 Å². The van der Waals surface area contributed by atoms with E-state index in [0.29, 0.717) is 17.2 Å². The van der Waals surface area contributed by atoms with Gasteiger partial charge in [-0.25, -0.2) is 0 Å².